The largest absolute Gasteiger partial charge is 0.480 e. The zero-order chi connectivity index (χ0) is 11.1. The summed E-state index contributed by atoms with van der Waals surface area (Å²) in [7, 11) is 0. The van der Waals surface area contributed by atoms with Gasteiger partial charge in [0.2, 0.25) is 5.91 Å². The van der Waals surface area contributed by atoms with Crippen LogP contribution in [0, 0.1) is 5.92 Å². The zero-order valence-corrected chi connectivity index (χ0v) is 8.62. The Morgan fingerprint density at radius 2 is 2.00 bits per heavy atom. The van der Waals surface area contributed by atoms with E-state index >= 15 is 0 Å². The third kappa shape index (κ3) is 5.53. The lowest BCUT2D eigenvalue weighted by Crippen LogP contribution is -2.42. The van der Waals surface area contributed by atoms with Crippen LogP contribution in [0.3, 0.4) is 0 Å². The van der Waals surface area contributed by atoms with Gasteiger partial charge in [0, 0.05) is 13.0 Å². The minimum atomic E-state index is -0.996. The van der Waals surface area contributed by atoms with E-state index in [2.05, 4.69) is 5.32 Å². The molecule has 1 atom stereocenters. The van der Waals surface area contributed by atoms with Gasteiger partial charge in [0.05, 0.1) is 0 Å². The number of carbonyl (C=O) groups is 2. The molecule has 4 N–H and O–H groups in total. The van der Waals surface area contributed by atoms with E-state index in [4.69, 9.17) is 10.8 Å². The topological polar surface area (TPSA) is 92.4 Å². The fraction of sp³-hybridized carbons (Fsp3) is 0.778. The van der Waals surface area contributed by atoms with Crippen LogP contribution >= 0.6 is 0 Å². The fourth-order valence-corrected chi connectivity index (χ4v) is 1.09. The minimum absolute atomic E-state index is 0.169. The minimum Gasteiger partial charge on any atom is -0.480 e. The van der Waals surface area contributed by atoms with Crippen molar-refractivity contribution in [3.8, 4) is 0 Å². The normalized spacial score (nSPS) is 12.6. The van der Waals surface area contributed by atoms with Crippen molar-refractivity contribution in [3.05, 3.63) is 0 Å². The highest BCUT2D eigenvalue weighted by Crippen LogP contribution is 2.04. The van der Waals surface area contributed by atoms with E-state index in [9.17, 15) is 9.59 Å². The number of carboxylic acids is 1. The van der Waals surface area contributed by atoms with Crippen LogP contribution in [-0.4, -0.2) is 29.6 Å². The van der Waals surface area contributed by atoms with Gasteiger partial charge in [0.15, 0.2) is 0 Å². The summed E-state index contributed by atoms with van der Waals surface area (Å²) in [6, 6.07) is -0.797. The van der Waals surface area contributed by atoms with Gasteiger partial charge in [-0.15, -0.1) is 0 Å². The predicted octanol–water partition coefficient (Wildman–Crippen LogP) is -0.0493. The summed E-state index contributed by atoms with van der Waals surface area (Å²) < 4.78 is 0. The van der Waals surface area contributed by atoms with Gasteiger partial charge in [-0.3, -0.25) is 4.79 Å². The lowest BCUT2D eigenvalue weighted by Gasteiger charge is -2.15. The third-order valence-corrected chi connectivity index (χ3v) is 1.71. The summed E-state index contributed by atoms with van der Waals surface area (Å²) in [5.74, 6) is -1.07. The molecule has 0 saturated heterocycles. The van der Waals surface area contributed by atoms with Gasteiger partial charge in [0.25, 0.3) is 0 Å². The summed E-state index contributed by atoms with van der Waals surface area (Å²) in [5.41, 5.74) is 5.17. The molecule has 0 spiro atoms. The van der Waals surface area contributed by atoms with E-state index in [1.807, 2.05) is 13.8 Å². The Hall–Kier alpha value is -1.10. The number of nitrogens with two attached hydrogens (primary N) is 1. The van der Waals surface area contributed by atoms with Crippen LogP contribution in [0.1, 0.15) is 26.7 Å². The molecule has 0 aliphatic rings. The number of nitrogens with one attached hydrogen (secondary N) is 1. The van der Waals surface area contributed by atoms with Gasteiger partial charge in [-0.2, -0.15) is 0 Å². The lowest BCUT2D eigenvalue weighted by molar-refractivity contribution is -0.142. The number of carbonyl (C=O) groups excluding carboxylic acids is 1. The number of aliphatic carboxylic acids is 1. The molecule has 0 saturated carbocycles. The SMILES string of the molecule is CC(C)CC(NC(=O)CCN)C(=O)O. The highest BCUT2D eigenvalue weighted by molar-refractivity contribution is 5.83. The Kier molecular flexibility index (Phi) is 5.87. The highest BCUT2D eigenvalue weighted by atomic mass is 16.4. The summed E-state index contributed by atoms with van der Waals surface area (Å²) in [6.45, 7) is 4.05. The number of amides is 1. The van der Waals surface area contributed by atoms with E-state index < -0.39 is 12.0 Å². The van der Waals surface area contributed by atoms with Crippen molar-refractivity contribution in [2.75, 3.05) is 6.54 Å². The van der Waals surface area contributed by atoms with Crippen molar-refractivity contribution in [1.82, 2.24) is 5.32 Å². The second-order valence-electron chi connectivity index (χ2n) is 3.63. The van der Waals surface area contributed by atoms with Gasteiger partial charge in [-0.05, 0) is 12.3 Å². The first-order valence-electron chi connectivity index (χ1n) is 4.69. The van der Waals surface area contributed by atoms with Gasteiger partial charge in [-0.25, -0.2) is 4.79 Å². The van der Waals surface area contributed by atoms with E-state index in [0.29, 0.717) is 6.42 Å². The average molecular weight is 202 g/mol. The lowest BCUT2D eigenvalue weighted by atomic mass is 10.0. The molecule has 0 radical (unpaired) electrons. The summed E-state index contributed by atoms with van der Waals surface area (Å²) in [4.78, 5) is 21.8. The molecule has 0 fully saturated rings. The van der Waals surface area contributed by atoms with Gasteiger partial charge >= 0.3 is 5.97 Å². The Bertz CT molecular complexity index is 204. The van der Waals surface area contributed by atoms with Crippen molar-refractivity contribution in [2.24, 2.45) is 11.7 Å². The smallest absolute Gasteiger partial charge is 0.326 e. The molecular formula is C9H18N2O3. The van der Waals surface area contributed by atoms with Gasteiger partial charge in [-0.1, -0.05) is 13.8 Å². The monoisotopic (exact) mass is 202 g/mol. The number of carboxylic acid groups (broad SMARTS) is 1. The second-order valence-corrected chi connectivity index (χ2v) is 3.63. The third-order valence-electron chi connectivity index (χ3n) is 1.71. The van der Waals surface area contributed by atoms with Crippen LogP contribution in [-0.2, 0) is 9.59 Å². The van der Waals surface area contributed by atoms with E-state index in [0.717, 1.165) is 0 Å². The van der Waals surface area contributed by atoms with Crippen LogP contribution in [0.5, 0.6) is 0 Å². The van der Waals surface area contributed by atoms with E-state index in [1.54, 1.807) is 0 Å². The Balaban J connectivity index is 4.09. The molecular weight excluding hydrogens is 184 g/mol. The molecule has 0 aromatic carbocycles. The summed E-state index contributed by atoms with van der Waals surface area (Å²) >= 11 is 0. The Morgan fingerprint density at radius 3 is 2.36 bits per heavy atom. The molecule has 14 heavy (non-hydrogen) atoms. The van der Waals surface area contributed by atoms with Crippen LogP contribution in [0.2, 0.25) is 0 Å². The van der Waals surface area contributed by atoms with E-state index in [-0.39, 0.29) is 24.8 Å². The maximum atomic E-state index is 11.1. The van der Waals surface area contributed by atoms with Crippen molar-refractivity contribution in [1.29, 1.82) is 0 Å². The van der Waals surface area contributed by atoms with Crippen molar-refractivity contribution >= 4 is 11.9 Å². The highest BCUT2D eigenvalue weighted by Gasteiger charge is 2.20. The molecule has 0 rings (SSSR count). The zero-order valence-electron chi connectivity index (χ0n) is 8.62. The molecule has 0 aliphatic carbocycles. The number of hydrogen-bond acceptors (Lipinski definition) is 3. The quantitative estimate of drug-likeness (QED) is 0.563. The summed E-state index contributed by atoms with van der Waals surface area (Å²) in [5, 5.41) is 11.2. The summed E-state index contributed by atoms with van der Waals surface area (Å²) in [6.07, 6.45) is 0.605. The molecule has 0 aliphatic heterocycles. The average Bonchev–Trinajstić information content (AvgIpc) is 2.02. The molecule has 0 bridgehead atoms. The Morgan fingerprint density at radius 1 is 1.43 bits per heavy atom. The molecule has 0 aromatic rings. The molecule has 1 unspecified atom stereocenters. The number of hydrogen-bond donors (Lipinski definition) is 3. The standard InChI is InChI=1S/C9H18N2O3/c1-6(2)5-7(9(13)14)11-8(12)3-4-10/h6-7H,3-5,10H2,1-2H3,(H,11,12)(H,13,14). The first-order valence-corrected chi connectivity index (χ1v) is 4.69. The molecule has 82 valence electrons. The van der Waals surface area contributed by atoms with Crippen molar-refractivity contribution in [2.45, 2.75) is 32.7 Å². The van der Waals surface area contributed by atoms with Crippen LogP contribution < -0.4 is 11.1 Å². The predicted molar refractivity (Wildman–Crippen MR) is 52.7 cm³/mol. The molecule has 0 aromatic heterocycles. The molecule has 0 heterocycles. The number of rotatable bonds is 6. The molecule has 5 nitrogen and oxygen atoms in total. The first kappa shape index (κ1) is 12.9. The van der Waals surface area contributed by atoms with Gasteiger partial charge < -0.3 is 16.2 Å². The van der Waals surface area contributed by atoms with E-state index in [1.165, 1.54) is 0 Å². The molecule has 5 heteroatoms. The maximum Gasteiger partial charge on any atom is 0.326 e. The second kappa shape index (κ2) is 6.37. The fourth-order valence-electron chi connectivity index (χ4n) is 1.09. The molecule has 1 amide bonds. The maximum absolute atomic E-state index is 11.1. The van der Waals surface area contributed by atoms with Crippen LogP contribution in [0.15, 0.2) is 0 Å². The Labute approximate surface area is 83.7 Å². The van der Waals surface area contributed by atoms with Gasteiger partial charge in [0.1, 0.15) is 6.04 Å². The van der Waals surface area contributed by atoms with Crippen LogP contribution in [0.4, 0.5) is 0 Å². The van der Waals surface area contributed by atoms with Crippen LogP contribution in [0.25, 0.3) is 0 Å². The first-order chi connectivity index (χ1) is 6.47. The van der Waals surface area contributed by atoms with Crippen molar-refractivity contribution < 1.29 is 14.7 Å². The van der Waals surface area contributed by atoms with Crippen molar-refractivity contribution in [3.63, 3.8) is 0 Å².